The van der Waals surface area contributed by atoms with E-state index < -0.39 is 0 Å². The van der Waals surface area contributed by atoms with Gasteiger partial charge in [0.15, 0.2) is 5.12 Å². The molecule has 0 radical (unpaired) electrons. The molecule has 124 valence electrons. The van der Waals surface area contributed by atoms with Crippen molar-refractivity contribution in [3.05, 3.63) is 57.1 Å². The molecule has 0 unspecified atom stereocenters. The van der Waals surface area contributed by atoms with E-state index in [0.717, 1.165) is 16.5 Å². The van der Waals surface area contributed by atoms with Crippen molar-refractivity contribution in [3.8, 4) is 0 Å². The number of thioether (sulfide) groups is 1. The molecule has 2 aromatic rings. The first-order valence-electron chi connectivity index (χ1n) is 6.74. The standard InChI is InChI=1S/C9H10ClNOS.C7H7BrClN/c1-6-3-9(10)11-4-8(6)5-13-7(2)12;1-5-2-7(9)10-4-6(5)3-8/h3-4H,5H2,1-2H3;2,4H,3H2,1H3. The molecule has 0 aromatic carbocycles. The molecule has 0 spiro atoms. The third-order valence-corrected chi connectivity index (χ3v) is 4.83. The molecular formula is C16H17BrCl2N2OS. The number of carbonyl (C=O) groups is 1. The van der Waals surface area contributed by atoms with Crippen molar-refractivity contribution >= 4 is 56.0 Å². The first-order valence-corrected chi connectivity index (χ1v) is 9.61. The second-order valence-electron chi connectivity index (χ2n) is 4.78. The zero-order chi connectivity index (χ0) is 17.4. The molecule has 0 saturated carbocycles. The summed E-state index contributed by atoms with van der Waals surface area (Å²) in [6.07, 6.45) is 3.50. The maximum absolute atomic E-state index is 10.7. The fourth-order valence-electron chi connectivity index (χ4n) is 1.57. The van der Waals surface area contributed by atoms with Gasteiger partial charge in [0, 0.05) is 30.4 Å². The highest BCUT2D eigenvalue weighted by Gasteiger charge is 2.02. The van der Waals surface area contributed by atoms with E-state index in [-0.39, 0.29) is 5.12 Å². The summed E-state index contributed by atoms with van der Waals surface area (Å²) in [5.74, 6) is 0.672. The molecule has 3 nitrogen and oxygen atoms in total. The van der Waals surface area contributed by atoms with Crippen LogP contribution in [0.25, 0.3) is 0 Å². The molecule has 23 heavy (non-hydrogen) atoms. The van der Waals surface area contributed by atoms with Crippen molar-refractivity contribution in [2.45, 2.75) is 31.9 Å². The van der Waals surface area contributed by atoms with E-state index in [1.165, 1.54) is 22.9 Å². The second kappa shape index (κ2) is 10.3. The lowest BCUT2D eigenvalue weighted by Gasteiger charge is -2.02. The van der Waals surface area contributed by atoms with Crippen molar-refractivity contribution in [2.75, 3.05) is 0 Å². The Morgan fingerprint density at radius 3 is 1.96 bits per heavy atom. The number of alkyl halides is 1. The number of nitrogens with zero attached hydrogens (tertiary/aromatic N) is 2. The van der Waals surface area contributed by atoms with Gasteiger partial charge in [0.2, 0.25) is 0 Å². The summed E-state index contributed by atoms with van der Waals surface area (Å²) in [4.78, 5) is 18.6. The van der Waals surface area contributed by atoms with Gasteiger partial charge in [-0.05, 0) is 48.2 Å². The van der Waals surface area contributed by atoms with E-state index in [0.29, 0.717) is 16.1 Å². The third kappa shape index (κ3) is 7.66. The van der Waals surface area contributed by atoms with Crippen LogP contribution in [-0.2, 0) is 15.9 Å². The molecule has 7 heteroatoms. The van der Waals surface area contributed by atoms with Crippen LogP contribution in [0.3, 0.4) is 0 Å². The number of carbonyl (C=O) groups excluding carboxylic acids is 1. The smallest absolute Gasteiger partial charge is 0.186 e. The maximum Gasteiger partial charge on any atom is 0.186 e. The topological polar surface area (TPSA) is 42.9 Å². The molecule has 2 aromatic heterocycles. The van der Waals surface area contributed by atoms with Crippen LogP contribution in [0.4, 0.5) is 0 Å². The molecule has 0 aliphatic carbocycles. The third-order valence-electron chi connectivity index (χ3n) is 2.95. The van der Waals surface area contributed by atoms with Crippen molar-refractivity contribution in [3.63, 3.8) is 0 Å². The molecule has 0 fully saturated rings. The quantitative estimate of drug-likeness (QED) is 0.453. The fourth-order valence-corrected chi connectivity index (χ4v) is 3.24. The van der Waals surface area contributed by atoms with Crippen molar-refractivity contribution in [1.82, 2.24) is 9.97 Å². The Morgan fingerprint density at radius 1 is 1.09 bits per heavy atom. The Balaban J connectivity index is 0.000000238. The highest BCUT2D eigenvalue weighted by Crippen LogP contribution is 2.18. The fraction of sp³-hybridized carbons (Fsp3) is 0.312. The van der Waals surface area contributed by atoms with Crippen LogP contribution >= 0.6 is 50.9 Å². The number of hydrogen-bond acceptors (Lipinski definition) is 4. The van der Waals surface area contributed by atoms with Gasteiger partial charge in [-0.1, -0.05) is 50.9 Å². The molecule has 2 heterocycles. The first-order chi connectivity index (χ1) is 10.8. The maximum atomic E-state index is 10.7. The summed E-state index contributed by atoms with van der Waals surface area (Å²) in [5.41, 5.74) is 4.50. The zero-order valence-corrected chi connectivity index (χ0v) is 17.0. The van der Waals surface area contributed by atoms with Gasteiger partial charge in [0.1, 0.15) is 10.3 Å². The van der Waals surface area contributed by atoms with Crippen LogP contribution in [0.1, 0.15) is 29.2 Å². The zero-order valence-electron chi connectivity index (χ0n) is 13.1. The highest BCUT2D eigenvalue weighted by atomic mass is 79.9. The lowest BCUT2D eigenvalue weighted by Crippen LogP contribution is -1.91. The van der Waals surface area contributed by atoms with E-state index in [1.54, 1.807) is 25.4 Å². The number of aryl methyl sites for hydroxylation is 2. The van der Waals surface area contributed by atoms with E-state index in [4.69, 9.17) is 23.2 Å². The summed E-state index contributed by atoms with van der Waals surface area (Å²) in [7, 11) is 0. The van der Waals surface area contributed by atoms with Gasteiger partial charge in [-0.25, -0.2) is 9.97 Å². The first kappa shape index (κ1) is 20.4. The van der Waals surface area contributed by atoms with Gasteiger partial charge in [0.25, 0.3) is 0 Å². The SMILES string of the molecule is CC(=O)SCc1cnc(Cl)cc1C.Cc1cc(Cl)ncc1CBr. The minimum Gasteiger partial charge on any atom is -0.288 e. The van der Waals surface area contributed by atoms with Gasteiger partial charge in [0.05, 0.1) is 0 Å². The summed E-state index contributed by atoms with van der Waals surface area (Å²) in [6, 6.07) is 3.66. The molecule has 0 bridgehead atoms. The Hall–Kier alpha value is -0.620. The predicted octanol–water partition coefficient (Wildman–Crippen LogP) is 5.76. The number of halogens is 3. The van der Waals surface area contributed by atoms with Crippen LogP contribution in [0.2, 0.25) is 10.3 Å². The number of pyridine rings is 2. The molecule has 2 rings (SSSR count). The normalized spacial score (nSPS) is 10.0. The number of hydrogen-bond donors (Lipinski definition) is 0. The van der Waals surface area contributed by atoms with E-state index in [2.05, 4.69) is 25.9 Å². The van der Waals surface area contributed by atoms with Crippen LogP contribution in [0.5, 0.6) is 0 Å². The summed E-state index contributed by atoms with van der Waals surface area (Å²) >= 11 is 16.0. The lowest BCUT2D eigenvalue weighted by molar-refractivity contribution is -0.109. The van der Waals surface area contributed by atoms with Crippen molar-refractivity contribution in [1.29, 1.82) is 0 Å². The summed E-state index contributed by atoms with van der Waals surface area (Å²) < 4.78 is 0. The predicted molar refractivity (Wildman–Crippen MR) is 103 cm³/mol. The van der Waals surface area contributed by atoms with Crippen molar-refractivity contribution in [2.24, 2.45) is 0 Å². The van der Waals surface area contributed by atoms with Crippen LogP contribution in [0.15, 0.2) is 24.5 Å². The van der Waals surface area contributed by atoms with Crippen LogP contribution < -0.4 is 0 Å². The van der Waals surface area contributed by atoms with Gasteiger partial charge < -0.3 is 0 Å². The largest absolute Gasteiger partial charge is 0.288 e. The average Bonchev–Trinajstić information content (AvgIpc) is 2.47. The Labute approximate surface area is 159 Å². The molecule has 0 N–H and O–H groups in total. The number of aromatic nitrogens is 2. The highest BCUT2D eigenvalue weighted by molar-refractivity contribution is 9.08. The summed E-state index contributed by atoms with van der Waals surface area (Å²) in [6.45, 7) is 5.54. The molecule has 0 amide bonds. The monoisotopic (exact) mass is 434 g/mol. The molecule has 0 aliphatic rings. The van der Waals surface area contributed by atoms with Gasteiger partial charge in [-0.15, -0.1) is 0 Å². The van der Waals surface area contributed by atoms with Gasteiger partial charge in [-0.3, -0.25) is 4.79 Å². The lowest BCUT2D eigenvalue weighted by atomic mass is 10.2. The van der Waals surface area contributed by atoms with Crippen LogP contribution in [0, 0.1) is 13.8 Å². The Morgan fingerprint density at radius 2 is 1.57 bits per heavy atom. The molecule has 0 aliphatic heterocycles. The second-order valence-corrected chi connectivity index (χ2v) is 7.27. The number of rotatable bonds is 3. The minimum absolute atomic E-state index is 0.120. The van der Waals surface area contributed by atoms with E-state index in [9.17, 15) is 4.79 Å². The minimum atomic E-state index is 0.120. The Bertz CT molecular complexity index is 683. The molecule has 0 atom stereocenters. The molecule has 0 saturated heterocycles. The van der Waals surface area contributed by atoms with Crippen molar-refractivity contribution < 1.29 is 4.79 Å². The summed E-state index contributed by atoms with van der Waals surface area (Å²) in [5, 5.41) is 2.01. The Kier molecular flexibility index (Phi) is 9.14. The molecular weight excluding hydrogens is 419 g/mol. The van der Waals surface area contributed by atoms with E-state index >= 15 is 0 Å². The van der Waals surface area contributed by atoms with Gasteiger partial charge in [-0.2, -0.15) is 0 Å². The van der Waals surface area contributed by atoms with Crippen LogP contribution in [-0.4, -0.2) is 15.1 Å². The van der Waals surface area contributed by atoms with Gasteiger partial charge >= 0.3 is 0 Å². The average molecular weight is 436 g/mol. The van der Waals surface area contributed by atoms with E-state index in [1.807, 2.05) is 19.9 Å².